The minimum atomic E-state index is -0.0461. The van der Waals surface area contributed by atoms with Crippen molar-refractivity contribution in [2.24, 2.45) is 5.41 Å². The lowest BCUT2D eigenvalue weighted by atomic mass is 9.88. The van der Waals surface area contributed by atoms with Crippen molar-refractivity contribution in [1.82, 2.24) is 10.6 Å². The summed E-state index contributed by atoms with van der Waals surface area (Å²) in [5.74, 6) is 0. The highest BCUT2D eigenvalue weighted by Crippen LogP contribution is 2.32. The molecule has 4 atom stereocenters. The Hall–Kier alpha value is -0.160. The van der Waals surface area contributed by atoms with Crippen molar-refractivity contribution in [1.29, 1.82) is 0 Å². The maximum absolute atomic E-state index is 5.75. The standard InChI is InChI=1S/C11H22N2O2/c1-7-5-14-9(12-7)11(3,4)10-13-8(2)6-15-10/h7-10,12-13H,5-6H2,1-4H3/t7-,8-,9-,10?/m1/s1. The quantitative estimate of drug-likeness (QED) is 0.709. The average Bonchev–Trinajstić information content (AvgIpc) is 2.74. The van der Waals surface area contributed by atoms with E-state index in [0.717, 1.165) is 13.2 Å². The summed E-state index contributed by atoms with van der Waals surface area (Å²) in [5, 5.41) is 6.89. The maximum Gasteiger partial charge on any atom is 0.117 e. The Morgan fingerprint density at radius 1 is 0.933 bits per heavy atom. The topological polar surface area (TPSA) is 42.5 Å². The van der Waals surface area contributed by atoms with Crippen LogP contribution in [0.2, 0.25) is 0 Å². The molecule has 0 aromatic heterocycles. The first-order valence-corrected chi connectivity index (χ1v) is 5.75. The Morgan fingerprint density at radius 3 is 1.60 bits per heavy atom. The molecule has 2 saturated heterocycles. The van der Waals surface area contributed by atoms with Crippen molar-refractivity contribution in [2.45, 2.75) is 52.2 Å². The minimum absolute atomic E-state index is 0.0461. The van der Waals surface area contributed by atoms with Crippen LogP contribution in [0.5, 0.6) is 0 Å². The summed E-state index contributed by atoms with van der Waals surface area (Å²) in [6.07, 6.45) is 0.158. The van der Waals surface area contributed by atoms with Gasteiger partial charge in [-0.2, -0.15) is 0 Å². The molecule has 2 fully saturated rings. The summed E-state index contributed by atoms with van der Waals surface area (Å²) in [7, 11) is 0. The highest BCUT2D eigenvalue weighted by atomic mass is 16.5. The fraction of sp³-hybridized carbons (Fsp3) is 1.00. The molecule has 4 heteroatoms. The lowest BCUT2D eigenvalue weighted by Gasteiger charge is -2.35. The first kappa shape index (κ1) is 11.3. The Labute approximate surface area is 91.7 Å². The van der Waals surface area contributed by atoms with Crippen molar-refractivity contribution in [3.05, 3.63) is 0 Å². The van der Waals surface area contributed by atoms with Crippen LogP contribution in [0.4, 0.5) is 0 Å². The number of hydrogen-bond donors (Lipinski definition) is 2. The van der Waals surface area contributed by atoms with Crippen LogP contribution in [0.1, 0.15) is 27.7 Å². The minimum Gasteiger partial charge on any atom is -0.361 e. The van der Waals surface area contributed by atoms with Crippen LogP contribution in [-0.4, -0.2) is 37.8 Å². The smallest absolute Gasteiger partial charge is 0.117 e. The molecule has 0 amide bonds. The van der Waals surface area contributed by atoms with Crippen LogP contribution >= 0.6 is 0 Å². The summed E-state index contributed by atoms with van der Waals surface area (Å²) in [6.45, 7) is 10.2. The number of rotatable bonds is 2. The van der Waals surface area contributed by atoms with Crippen molar-refractivity contribution in [3.63, 3.8) is 0 Å². The van der Waals surface area contributed by atoms with Crippen molar-refractivity contribution in [3.8, 4) is 0 Å². The molecule has 2 aliphatic rings. The second-order valence-electron chi connectivity index (χ2n) is 5.38. The fourth-order valence-electron chi connectivity index (χ4n) is 2.19. The van der Waals surface area contributed by atoms with E-state index in [9.17, 15) is 0 Å². The van der Waals surface area contributed by atoms with Gasteiger partial charge in [0.1, 0.15) is 12.5 Å². The third-order valence-corrected chi connectivity index (χ3v) is 3.25. The maximum atomic E-state index is 5.75. The highest BCUT2D eigenvalue weighted by molar-refractivity contribution is 4.92. The first-order valence-electron chi connectivity index (χ1n) is 5.75. The van der Waals surface area contributed by atoms with Crippen LogP contribution in [0, 0.1) is 5.41 Å². The molecule has 4 nitrogen and oxygen atoms in total. The van der Waals surface area contributed by atoms with E-state index in [1.54, 1.807) is 0 Å². The molecule has 0 aliphatic carbocycles. The average molecular weight is 214 g/mol. The molecule has 2 rings (SSSR count). The van der Waals surface area contributed by atoms with Gasteiger partial charge < -0.3 is 9.47 Å². The second-order valence-corrected chi connectivity index (χ2v) is 5.38. The number of ether oxygens (including phenoxy) is 2. The summed E-state index contributed by atoms with van der Waals surface area (Å²) in [5.41, 5.74) is -0.0461. The molecule has 0 saturated carbocycles. The second kappa shape index (κ2) is 4.01. The lowest BCUT2D eigenvalue weighted by Crippen LogP contribution is -2.52. The van der Waals surface area contributed by atoms with Crippen LogP contribution in [0.25, 0.3) is 0 Å². The summed E-state index contributed by atoms with van der Waals surface area (Å²) < 4.78 is 11.5. The van der Waals surface area contributed by atoms with E-state index in [-0.39, 0.29) is 17.9 Å². The Kier molecular flexibility index (Phi) is 3.03. The van der Waals surface area contributed by atoms with Gasteiger partial charge in [-0.25, -0.2) is 0 Å². The van der Waals surface area contributed by atoms with Gasteiger partial charge in [-0.05, 0) is 13.8 Å². The van der Waals surface area contributed by atoms with Gasteiger partial charge in [0.15, 0.2) is 0 Å². The molecule has 2 heterocycles. The van der Waals surface area contributed by atoms with E-state index in [0.29, 0.717) is 12.1 Å². The summed E-state index contributed by atoms with van der Waals surface area (Å²) in [4.78, 5) is 0. The Bertz CT molecular complexity index is 211. The van der Waals surface area contributed by atoms with E-state index in [4.69, 9.17) is 9.47 Å². The lowest BCUT2D eigenvalue weighted by molar-refractivity contribution is -0.0828. The molecule has 0 spiro atoms. The molecule has 2 aliphatic heterocycles. The van der Waals surface area contributed by atoms with Crippen LogP contribution in [0.3, 0.4) is 0 Å². The predicted molar refractivity (Wildman–Crippen MR) is 58.5 cm³/mol. The molecule has 88 valence electrons. The largest absolute Gasteiger partial charge is 0.361 e. The predicted octanol–water partition coefficient (Wildman–Crippen LogP) is 0.681. The van der Waals surface area contributed by atoms with E-state index in [1.165, 1.54) is 0 Å². The van der Waals surface area contributed by atoms with E-state index in [2.05, 4.69) is 38.3 Å². The van der Waals surface area contributed by atoms with Gasteiger partial charge in [0.2, 0.25) is 0 Å². The third kappa shape index (κ3) is 2.18. The van der Waals surface area contributed by atoms with Crippen LogP contribution in [0.15, 0.2) is 0 Å². The Balaban J connectivity index is 1.99. The van der Waals surface area contributed by atoms with Gasteiger partial charge in [0.25, 0.3) is 0 Å². The van der Waals surface area contributed by atoms with Crippen molar-refractivity contribution in [2.75, 3.05) is 13.2 Å². The summed E-state index contributed by atoms with van der Waals surface area (Å²) in [6, 6.07) is 0.876. The molecule has 0 aromatic carbocycles. The van der Waals surface area contributed by atoms with E-state index in [1.807, 2.05) is 0 Å². The zero-order valence-corrected chi connectivity index (χ0v) is 10.0. The van der Waals surface area contributed by atoms with Gasteiger partial charge in [-0.15, -0.1) is 0 Å². The van der Waals surface area contributed by atoms with Gasteiger partial charge >= 0.3 is 0 Å². The molecule has 0 radical (unpaired) electrons. The molecular weight excluding hydrogens is 192 g/mol. The molecule has 2 N–H and O–H groups in total. The van der Waals surface area contributed by atoms with Gasteiger partial charge in [-0.3, -0.25) is 10.6 Å². The number of hydrogen-bond acceptors (Lipinski definition) is 4. The monoisotopic (exact) mass is 214 g/mol. The molecular formula is C11H22N2O2. The van der Waals surface area contributed by atoms with Gasteiger partial charge in [0, 0.05) is 17.5 Å². The normalized spacial score (nSPS) is 42.4. The zero-order chi connectivity index (χ0) is 11.1. The molecule has 0 aromatic rings. The highest BCUT2D eigenvalue weighted by Gasteiger charge is 2.44. The third-order valence-electron chi connectivity index (χ3n) is 3.25. The number of nitrogens with one attached hydrogen (secondary N) is 2. The summed E-state index contributed by atoms with van der Waals surface area (Å²) >= 11 is 0. The SMILES string of the molecule is C[C@@H]1COC(C(C)(C)[C@@H]2N[C@H](C)CO2)N1. The van der Waals surface area contributed by atoms with Gasteiger partial charge in [-0.1, -0.05) is 13.8 Å². The fourth-order valence-corrected chi connectivity index (χ4v) is 2.19. The van der Waals surface area contributed by atoms with E-state index < -0.39 is 0 Å². The Morgan fingerprint density at radius 2 is 1.33 bits per heavy atom. The van der Waals surface area contributed by atoms with Crippen LogP contribution < -0.4 is 10.6 Å². The zero-order valence-electron chi connectivity index (χ0n) is 10.0. The van der Waals surface area contributed by atoms with Crippen molar-refractivity contribution < 1.29 is 9.47 Å². The van der Waals surface area contributed by atoms with Crippen molar-refractivity contribution >= 4 is 0 Å². The van der Waals surface area contributed by atoms with Gasteiger partial charge in [0.05, 0.1) is 13.2 Å². The first-order chi connectivity index (χ1) is 7.00. The molecule has 1 unspecified atom stereocenters. The van der Waals surface area contributed by atoms with Crippen LogP contribution in [-0.2, 0) is 9.47 Å². The molecule has 0 bridgehead atoms. The van der Waals surface area contributed by atoms with E-state index >= 15 is 0 Å². The molecule has 15 heavy (non-hydrogen) atoms.